The van der Waals surface area contributed by atoms with Crippen LogP contribution in [0.4, 0.5) is 0 Å². The second-order valence-electron chi connectivity index (χ2n) is 5.19. The summed E-state index contributed by atoms with van der Waals surface area (Å²) in [6, 6.07) is 6.34. The van der Waals surface area contributed by atoms with Crippen molar-refractivity contribution in [3.8, 4) is 0 Å². The van der Waals surface area contributed by atoms with Crippen LogP contribution in [0.3, 0.4) is 0 Å². The van der Waals surface area contributed by atoms with Crippen LogP contribution in [-0.2, 0) is 0 Å². The summed E-state index contributed by atoms with van der Waals surface area (Å²) in [6.07, 6.45) is 6.63. The lowest BCUT2D eigenvalue weighted by molar-refractivity contribution is 0.431. The Hall–Kier alpha value is -0.240. The van der Waals surface area contributed by atoms with Gasteiger partial charge in [0.25, 0.3) is 0 Å². The summed E-state index contributed by atoms with van der Waals surface area (Å²) in [5, 5.41) is 4.95. The first kappa shape index (κ1) is 14.2. The fourth-order valence-corrected chi connectivity index (χ4v) is 3.06. The summed E-state index contributed by atoms with van der Waals surface area (Å²) in [5.41, 5.74) is 1.24. The summed E-state index contributed by atoms with van der Waals surface area (Å²) in [5.74, 6) is 0.863. The van der Waals surface area contributed by atoms with Gasteiger partial charge in [-0.3, -0.25) is 0 Å². The first-order valence-corrected chi connectivity index (χ1v) is 7.64. The molecule has 1 aromatic carbocycles. The maximum Gasteiger partial charge on any atom is 0.0595 e. The van der Waals surface area contributed by atoms with Crippen LogP contribution in [0.5, 0.6) is 0 Å². The van der Waals surface area contributed by atoms with Crippen molar-refractivity contribution in [1.29, 1.82) is 0 Å². The normalized spacial score (nSPS) is 18.2. The summed E-state index contributed by atoms with van der Waals surface area (Å²) in [4.78, 5) is 0. The minimum Gasteiger partial charge on any atom is -0.310 e. The largest absolute Gasteiger partial charge is 0.310 e. The molecule has 0 heterocycles. The van der Waals surface area contributed by atoms with Crippen LogP contribution < -0.4 is 5.32 Å². The highest BCUT2D eigenvalue weighted by atomic mass is 35.5. The van der Waals surface area contributed by atoms with E-state index in [9.17, 15) is 0 Å². The van der Waals surface area contributed by atoms with Crippen molar-refractivity contribution in [3.63, 3.8) is 0 Å². The molecule has 1 aliphatic carbocycles. The van der Waals surface area contributed by atoms with Crippen LogP contribution in [0.25, 0.3) is 0 Å². The number of halogens is 2. The standard InChI is InChI=1S/C15H21Cl2N/c1-2-15(18-10-11-5-3-4-6-11)12-7-8-13(16)14(17)9-12/h7-9,11,15,18H,2-6,10H2,1H3. The summed E-state index contributed by atoms with van der Waals surface area (Å²) >= 11 is 12.0. The summed E-state index contributed by atoms with van der Waals surface area (Å²) in [6.45, 7) is 3.33. The molecule has 0 saturated heterocycles. The second-order valence-corrected chi connectivity index (χ2v) is 6.01. The Morgan fingerprint density at radius 1 is 1.22 bits per heavy atom. The lowest BCUT2D eigenvalue weighted by atomic mass is 10.0. The smallest absolute Gasteiger partial charge is 0.0595 e. The van der Waals surface area contributed by atoms with Gasteiger partial charge in [-0.05, 0) is 49.4 Å². The molecule has 1 saturated carbocycles. The first-order valence-electron chi connectivity index (χ1n) is 6.89. The van der Waals surface area contributed by atoms with Gasteiger partial charge in [0.15, 0.2) is 0 Å². The van der Waals surface area contributed by atoms with E-state index in [0.29, 0.717) is 16.1 Å². The van der Waals surface area contributed by atoms with Gasteiger partial charge < -0.3 is 5.32 Å². The Bertz CT molecular complexity index is 386. The van der Waals surface area contributed by atoms with Gasteiger partial charge >= 0.3 is 0 Å². The van der Waals surface area contributed by atoms with Gasteiger partial charge in [-0.25, -0.2) is 0 Å². The van der Waals surface area contributed by atoms with Crippen LogP contribution in [0.15, 0.2) is 18.2 Å². The van der Waals surface area contributed by atoms with Crippen molar-refractivity contribution in [3.05, 3.63) is 33.8 Å². The number of benzene rings is 1. The predicted octanol–water partition coefficient (Wildman–Crippen LogP) is 5.22. The topological polar surface area (TPSA) is 12.0 Å². The highest BCUT2D eigenvalue weighted by Gasteiger charge is 2.17. The van der Waals surface area contributed by atoms with Crippen LogP contribution in [0.1, 0.15) is 50.6 Å². The zero-order valence-corrected chi connectivity index (χ0v) is 12.4. The molecule has 2 rings (SSSR count). The van der Waals surface area contributed by atoms with Gasteiger partial charge in [-0.15, -0.1) is 0 Å². The molecular formula is C15H21Cl2N. The molecule has 100 valence electrons. The van der Waals surface area contributed by atoms with E-state index in [0.717, 1.165) is 18.9 Å². The first-order chi connectivity index (χ1) is 8.70. The lowest BCUT2D eigenvalue weighted by Gasteiger charge is -2.20. The molecule has 0 spiro atoms. The van der Waals surface area contributed by atoms with Crippen molar-refractivity contribution < 1.29 is 0 Å². The zero-order chi connectivity index (χ0) is 13.0. The van der Waals surface area contributed by atoms with Gasteiger partial charge in [0, 0.05) is 6.04 Å². The highest BCUT2D eigenvalue weighted by molar-refractivity contribution is 6.42. The van der Waals surface area contributed by atoms with Crippen LogP contribution in [0, 0.1) is 5.92 Å². The molecule has 1 atom stereocenters. The molecule has 1 nitrogen and oxygen atoms in total. The third-order valence-corrected chi connectivity index (χ3v) is 4.62. The van der Waals surface area contributed by atoms with E-state index in [4.69, 9.17) is 23.2 Å². The van der Waals surface area contributed by atoms with Crippen molar-refractivity contribution in [2.75, 3.05) is 6.54 Å². The molecule has 1 unspecified atom stereocenters. The fraction of sp³-hybridized carbons (Fsp3) is 0.600. The van der Waals surface area contributed by atoms with Crippen LogP contribution in [-0.4, -0.2) is 6.54 Å². The SMILES string of the molecule is CCC(NCC1CCCC1)c1ccc(Cl)c(Cl)c1. The number of hydrogen-bond acceptors (Lipinski definition) is 1. The van der Waals surface area contributed by atoms with Crippen molar-refractivity contribution in [1.82, 2.24) is 5.32 Å². The average Bonchev–Trinajstić information content (AvgIpc) is 2.87. The Balaban J connectivity index is 1.96. The monoisotopic (exact) mass is 285 g/mol. The van der Waals surface area contributed by atoms with Crippen LogP contribution in [0.2, 0.25) is 10.0 Å². The average molecular weight is 286 g/mol. The summed E-state index contributed by atoms with van der Waals surface area (Å²) in [7, 11) is 0. The molecule has 0 amide bonds. The molecule has 18 heavy (non-hydrogen) atoms. The van der Waals surface area contributed by atoms with Gasteiger partial charge in [0.2, 0.25) is 0 Å². The maximum atomic E-state index is 6.08. The third-order valence-electron chi connectivity index (χ3n) is 3.88. The van der Waals surface area contributed by atoms with E-state index in [1.165, 1.54) is 31.2 Å². The molecule has 1 aliphatic rings. The number of nitrogens with one attached hydrogen (secondary N) is 1. The van der Waals surface area contributed by atoms with Crippen molar-refractivity contribution in [2.45, 2.75) is 45.1 Å². The molecule has 1 aromatic rings. The molecule has 0 radical (unpaired) electrons. The van der Waals surface area contributed by atoms with Gasteiger partial charge in [0.1, 0.15) is 0 Å². The molecule has 3 heteroatoms. The Morgan fingerprint density at radius 3 is 2.56 bits per heavy atom. The Morgan fingerprint density at radius 2 is 1.94 bits per heavy atom. The van der Waals surface area contributed by atoms with Gasteiger partial charge in [-0.1, -0.05) is 49.0 Å². The quantitative estimate of drug-likeness (QED) is 0.782. The van der Waals surface area contributed by atoms with E-state index < -0.39 is 0 Å². The predicted molar refractivity (Wildman–Crippen MR) is 79.5 cm³/mol. The minimum atomic E-state index is 0.389. The fourth-order valence-electron chi connectivity index (χ4n) is 2.75. The second kappa shape index (κ2) is 6.79. The lowest BCUT2D eigenvalue weighted by Crippen LogP contribution is -2.26. The van der Waals surface area contributed by atoms with E-state index in [1.54, 1.807) is 0 Å². The van der Waals surface area contributed by atoms with E-state index in [1.807, 2.05) is 12.1 Å². The van der Waals surface area contributed by atoms with E-state index in [-0.39, 0.29) is 0 Å². The number of hydrogen-bond donors (Lipinski definition) is 1. The molecular weight excluding hydrogens is 265 g/mol. The zero-order valence-electron chi connectivity index (χ0n) is 10.9. The van der Waals surface area contributed by atoms with E-state index in [2.05, 4.69) is 18.3 Å². The Kier molecular flexibility index (Phi) is 5.35. The van der Waals surface area contributed by atoms with Crippen molar-refractivity contribution in [2.24, 2.45) is 5.92 Å². The Labute approximate surface area is 120 Å². The summed E-state index contributed by atoms with van der Waals surface area (Å²) < 4.78 is 0. The molecule has 0 bridgehead atoms. The highest BCUT2D eigenvalue weighted by Crippen LogP contribution is 2.28. The van der Waals surface area contributed by atoms with E-state index >= 15 is 0 Å². The maximum absolute atomic E-state index is 6.08. The minimum absolute atomic E-state index is 0.389. The molecule has 0 aromatic heterocycles. The molecule has 1 fully saturated rings. The van der Waals surface area contributed by atoms with Crippen molar-refractivity contribution >= 4 is 23.2 Å². The van der Waals surface area contributed by atoms with Gasteiger partial charge in [0.05, 0.1) is 10.0 Å². The number of rotatable bonds is 5. The molecule has 1 N–H and O–H groups in total. The van der Waals surface area contributed by atoms with Gasteiger partial charge in [-0.2, -0.15) is 0 Å². The van der Waals surface area contributed by atoms with Crippen LogP contribution >= 0.6 is 23.2 Å². The third kappa shape index (κ3) is 3.63. The molecule has 0 aliphatic heterocycles.